The fourth-order valence-electron chi connectivity index (χ4n) is 4.72. The van der Waals surface area contributed by atoms with Crippen LogP contribution in [0.25, 0.3) is 0 Å². The van der Waals surface area contributed by atoms with E-state index in [9.17, 15) is 4.79 Å². The Morgan fingerprint density at radius 3 is 2.60 bits per heavy atom. The summed E-state index contributed by atoms with van der Waals surface area (Å²) in [6.07, 6.45) is 7.47. The van der Waals surface area contributed by atoms with Crippen LogP contribution in [0.1, 0.15) is 53.9 Å². The summed E-state index contributed by atoms with van der Waals surface area (Å²) in [7, 11) is 0. The van der Waals surface area contributed by atoms with E-state index in [0.29, 0.717) is 29.3 Å². The smallest absolute Gasteiger partial charge is 0.255 e. The number of likely N-dealkylation sites (tertiary alicyclic amines) is 1. The third-order valence-corrected chi connectivity index (χ3v) is 5.90. The molecule has 4 heteroatoms. The number of piperidine rings is 1. The highest BCUT2D eigenvalue weighted by Gasteiger charge is 2.41. The van der Waals surface area contributed by atoms with Gasteiger partial charge in [0.25, 0.3) is 5.91 Å². The van der Waals surface area contributed by atoms with Gasteiger partial charge in [-0.1, -0.05) is 43.2 Å². The van der Waals surface area contributed by atoms with Crippen molar-refractivity contribution in [3.05, 3.63) is 59.8 Å². The SMILES string of the molecule is Nc1ccc(C(=O)N2CC[C@H](c3ccccc3)[C@H]3CCCC[C@H]32)cn1. The number of hydrogen-bond donors (Lipinski definition) is 1. The van der Waals surface area contributed by atoms with E-state index < -0.39 is 0 Å². The van der Waals surface area contributed by atoms with E-state index in [0.717, 1.165) is 19.4 Å². The van der Waals surface area contributed by atoms with Crippen LogP contribution >= 0.6 is 0 Å². The molecule has 1 aromatic carbocycles. The van der Waals surface area contributed by atoms with Gasteiger partial charge in [-0.25, -0.2) is 4.98 Å². The number of benzene rings is 1. The monoisotopic (exact) mass is 335 g/mol. The lowest BCUT2D eigenvalue weighted by Gasteiger charge is -2.48. The lowest BCUT2D eigenvalue weighted by atomic mass is 9.69. The molecule has 130 valence electrons. The minimum atomic E-state index is 0.107. The molecule has 1 aromatic heterocycles. The van der Waals surface area contributed by atoms with Crippen LogP contribution in [0.4, 0.5) is 5.82 Å². The Hall–Kier alpha value is -2.36. The fraction of sp³-hybridized carbons (Fsp3) is 0.429. The predicted molar refractivity (Wildman–Crippen MR) is 99.2 cm³/mol. The second-order valence-corrected chi connectivity index (χ2v) is 7.29. The number of nitrogen functional groups attached to an aromatic ring is 1. The van der Waals surface area contributed by atoms with Gasteiger partial charge in [0.2, 0.25) is 0 Å². The van der Waals surface area contributed by atoms with Crippen LogP contribution < -0.4 is 5.73 Å². The van der Waals surface area contributed by atoms with Gasteiger partial charge in [0.1, 0.15) is 5.82 Å². The van der Waals surface area contributed by atoms with E-state index in [1.807, 2.05) is 0 Å². The van der Waals surface area contributed by atoms with Gasteiger partial charge < -0.3 is 10.6 Å². The van der Waals surface area contributed by atoms with Crippen LogP contribution in [0.5, 0.6) is 0 Å². The van der Waals surface area contributed by atoms with Crippen LogP contribution in [0, 0.1) is 5.92 Å². The van der Waals surface area contributed by atoms with E-state index in [-0.39, 0.29) is 5.91 Å². The van der Waals surface area contributed by atoms with Crippen molar-refractivity contribution in [2.45, 2.75) is 44.1 Å². The van der Waals surface area contributed by atoms with E-state index in [1.165, 1.54) is 24.8 Å². The first-order chi connectivity index (χ1) is 12.2. The first-order valence-corrected chi connectivity index (χ1v) is 9.31. The maximum absolute atomic E-state index is 13.1. The molecule has 1 aliphatic carbocycles. The van der Waals surface area contributed by atoms with E-state index in [2.05, 4.69) is 40.2 Å². The summed E-state index contributed by atoms with van der Waals surface area (Å²) in [6, 6.07) is 14.7. The zero-order valence-electron chi connectivity index (χ0n) is 14.5. The molecule has 1 saturated carbocycles. The van der Waals surface area contributed by atoms with Gasteiger partial charge in [0, 0.05) is 18.8 Å². The summed E-state index contributed by atoms with van der Waals surface area (Å²) in [5.41, 5.74) is 7.74. The molecule has 4 rings (SSSR count). The normalized spacial score (nSPS) is 26.1. The van der Waals surface area contributed by atoms with Gasteiger partial charge in [-0.15, -0.1) is 0 Å². The zero-order chi connectivity index (χ0) is 17.2. The molecular weight excluding hydrogens is 310 g/mol. The van der Waals surface area contributed by atoms with Crippen LogP contribution in [0.3, 0.4) is 0 Å². The van der Waals surface area contributed by atoms with Crippen molar-refractivity contribution in [1.29, 1.82) is 0 Å². The van der Waals surface area contributed by atoms with Gasteiger partial charge >= 0.3 is 0 Å². The van der Waals surface area contributed by atoms with Crippen LogP contribution in [0.2, 0.25) is 0 Å². The number of aromatic nitrogens is 1. The van der Waals surface area contributed by atoms with Gasteiger partial charge in [-0.05, 0) is 48.8 Å². The van der Waals surface area contributed by atoms with Crippen molar-refractivity contribution in [3.8, 4) is 0 Å². The largest absolute Gasteiger partial charge is 0.384 e. The quantitative estimate of drug-likeness (QED) is 0.907. The number of rotatable bonds is 2. The zero-order valence-corrected chi connectivity index (χ0v) is 14.5. The Labute approximate surface area is 149 Å². The third kappa shape index (κ3) is 3.13. The van der Waals surface area contributed by atoms with Gasteiger partial charge in [-0.2, -0.15) is 0 Å². The molecule has 0 radical (unpaired) electrons. The second-order valence-electron chi connectivity index (χ2n) is 7.29. The summed E-state index contributed by atoms with van der Waals surface area (Å²) in [5.74, 6) is 1.70. The van der Waals surface area contributed by atoms with Gasteiger partial charge in [0.15, 0.2) is 0 Å². The average Bonchev–Trinajstić information content (AvgIpc) is 2.68. The number of amides is 1. The first kappa shape index (κ1) is 16.1. The number of pyridine rings is 1. The van der Waals surface area contributed by atoms with Crippen molar-refractivity contribution in [2.75, 3.05) is 12.3 Å². The molecule has 2 N–H and O–H groups in total. The van der Waals surface area contributed by atoms with Crippen molar-refractivity contribution < 1.29 is 4.79 Å². The molecule has 25 heavy (non-hydrogen) atoms. The van der Waals surface area contributed by atoms with Crippen LogP contribution in [0.15, 0.2) is 48.7 Å². The number of anilines is 1. The molecule has 2 heterocycles. The minimum Gasteiger partial charge on any atom is -0.384 e. The second kappa shape index (κ2) is 6.87. The van der Waals surface area contributed by atoms with E-state index in [1.54, 1.807) is 18.3 Å². The molecule has 1 aliphatic heterocycles. The Balaban J connectivity index is 1.59. The minimum absolute atomic E-state index is 0.107. The number of carbonyl (C=O) groups excluding carboxylic acids is 1. The Bertz CT molecular complexity index is 729. The molecule has 2 aromatic rings. The lowest BCUT2D eigenvalue weighted by molar-refractivity contribution is 0.0319. The van der Waals surface area contributed by atoms with E-state index >= 15 is 0 Å². The predicted octanol–water partition coefficient (Wildman–Crippen LogP) is 3.85. The Morgan fingerprint density at radius 1 is 1.04 bits per heavy atom. The molecular formula is C21H25N3O. The topological polar surface area (TPSA) is 59.2 Å². The molecule has 2 aliphatic rings. The van der Waals surface area contributed by atoms with Crippen molar-refractivity contribution in [3.63, 3.8) is 0 Å². The Morgan fingerprint density at radius 2 is 1.84 bits per heavy atom. The standard InChI is InChI=1S/C21H25N3O/c22-20-11-10-16(14-23-20)21(25)24-13-12-17(15-6-2-1-3-7-15)18-8-4-5-9-19(18)24/h1-3,6-7,10-11,14,17-19H,4-5,8-9,12-13H2,(H2,22,23)/t17-,18-,19-/m1/s1. The van der Waals surface area contributed by atoms with Crippen LogP contribution in [-0.4, -0.2) is 28.4 Å². The fourth-order valence-corrected chi connectivity index (χ4v) is 4.72. The van der Waals surface area contributed by atoms with Gasteiger partial charge in [-0.3, -0.25) is 4.79 Å². The van der Waals surface area contributed by atoms with Crippen molar-refractivity contribution in [2.24, 2.45) is 5.92 Å². The number of nitrogens with two attached hydrogens (primary N) is 1. The molecule has 1 amide bonds. The summed E-state index contributed by atoms with van der Waals surface area (Å²) < 4.78 is 0. The maximum Gasteiger partial charge on any atom is 0.255 e. The molecule has 4 nitrogen and oxygen atoms in total. The lowest BCUT2D eigenvalue weighted by Crippen LogP contribution is -2.52. The molecule has 0 bridgehead atoms. The summed E-state index contributed by atoms with van der Waals surface area (Å²) in [6.45, 7) is 0.823. The summed E-state index contributed by atoms with van der Waals surface area (Å²) in [4.78, 5) is 19.3. The van der Waals surface area contributed by atoms with Crippen molar-refractivity contribution >= 4 is 11.7 Å². The summed E-state index contributed by atoms with van der Waals surface area (Å²) in [5, 5.41) is 0. The third-order valence-electron chi connectivity index (χ3n) is 5.90. The number of hydrogen-bond acceptors (Lipinski definition) is 3. The summed E-state index contributed by atoms with van der Waals surface area (Å²) >= 11 is 0. The van der Waals surface area contributed by atoms with Gasteiger partial charge in [0.05, 0.1) is 5.56 Å². The average molecular weight is 335 g/mol. The highest BCUT2D eigenvalue weighted by molar-refractivity contribution is 5.94. The van der Waals surface area contributed by atoms with E-state index in [4.69, 9.17) is 5.73 Å². The number of nitrogens with zero attached hydrogens (tertiary/aromatic N) is 2. The molecule has 0 unspecified atom stereocenters. The molecule has 0 spiro atoms. The number of carbonyl (C=O) groups is 1. The molecule has 3 atom stereocenters. The highest BCUT2D eigenvalue weighted by atomic mass is 16.2. The number of fused-ring (bicyclic) bond motifs is 1. The maximum atomic E-state index is 13.1. The Kier molecular flexibility index (Phi) is 4.43. The highest BCUT2D eigenvalue weighted by Crippen LogP contribution is 2.44. The first-order valence-electron chi connectivity index (χ1n) is 9.31. The molecule has 2 fully saturated rings. The molecule has 1 saturated heterocycles. The van der Waals surface area contributed by atoms with Crippen molar-refractivity contribution in [1.82, 2.24) is 9.88 Å². The van der Waals surface area contributed by atoms with Crippen LogP contribution in [-0.2, 0) is 0 Å².